The van der Waals surface area contributed by atoms with Crippen molar-refractivity contribution in [2.45, 2.75) is 6.04 Å². The van der Waals surface area contributed by atoms with Crippen LogP contribution in [0.2, 0.25) is 0 Å². The highest BCUT2D eigenvalue weighted by Gasteiger charge is 2.27. The van der Waals surface area contributed by atoms with E-state index in [-0.39, 0.29) is 23.6 Å². The number of nitrogens with zero attached hydrogens (tertiary/aromatic N) is 2. The molecule has 182 valence electrons. The van der Waals surface area contributed by atoms with Crippen molar-refractivity contribution in [3.63, 3.8) is 0 Å². The molecule has 1 fully saturated rings. The third-order valence-electron chi connectivity index (χ3n) is 6.19. The van der Waals surface area contributed by atoms with Gasteiger partial charge in [-0.2, -0.15) is 0 Å². The van der Waals surface area contributed by atoms with Crippen LogP contribution in [0.5, 0.6) is 11.5 Å². The molecule has 0 bridgehead atoms. The van der Waals surface area contributed by atoms with E-state index in [0.717, 1.165) is 16.7 Å². The standard InChI is InChI=1S/C28H28F2N2O3/c1-34-25-13-3-20(19-26(25)35-2)4-14-27(33)31-15-17-32(18-16-31)28(21-5-9-23(29)10-6-21)22-7-11-24(30)12-8-22/h3-14,19,28H,15-18H2,1-2H3/b14-4+. The van der Waals surface area contributed by atoms with Crippen LogP contribution in [0.1, 0.15) is 22.7 Å². The quantitative estimate of drug-likeness (QED) is 0.452. The summed E-state index contributed by atoms with van der Waals surface area (Å²) in [5.74, 6) is 0.554. The summed E-state index contributed by atoms with van der Waals surface area (Å²) in [4.78, 5) is 16.9. The molecule has 1 heterocycles. The third-order valence-corrected chi connectivity index (χ3v) is 6.19. The Morgan fingerprint density at radius 2 is 1.34 bits per heavy atom. The highest BCUT2D eigenvalue weighted by Crippen LogP contribution is 2.30. The maximum Gasteiger partial charge on any atom is 0.246 e. The number of halogens is 2. The van der Waals surface area contributed by atoms with E-state index < -0.39 is 0 Å². The fourth-order valence-corrected chi connectivity index (χ4v) is 4.33. The molecular weight excluding hydrogens is 450 g/mol. The van der Waals surface area contributed by atoms with E-state index in [1.807, 2.05) is 12.1 Å². The lowest BCUT2D eigenvalue weighted by Gasteiger charge is -2.39. The molecule has 3 aromatic rings. The van der Waals surface area contributed by atoms with Crippen molar-refractivity contribution in [1.82, 2.24) is 9.80 Å². The summed E-state index contributed by atoms with van der Waals surface area (Å²) in [6, 6.07) is 18.1. The second kappa shape index (κ2) is 11.1. The van der Waals surface area contributed by atoms with Gasteiger partial charge in [-0.1, -0.05) is 30.3 Å². The largest absolute Gasteiger partial charge is 0.493 e. The predicted molar refractivity (Wildman–Crippen MR) is 131 cm³/mol. The lowest BCUT2D eigenvalue weighted by atomic mass is 9.96. The van der Waals surface area contributed by atoms with Gasteiger partial charge in [0.05, 0.1) is 20.3 Å². The van der Waals surface area contributed by atoms with Crippen LogP contribution in [0.3, 0.4) is 0 Å². The van der Waals surface area contributed by atoms with Crippen LogP contribution in [-0.2, 0) is 4.79 Å². The number of hydrogen-bond acceptors (Lipinski definition) is 4. The molecule has 1 amide bonds. The zero-order valence-corrected chi connectivity index (χ0v) is 19.8. The summed E-state index contributed by atoms with van der Waals surface area (Å²) in [6.45, 7) is 2.37. The number of hydrogen-bond donors (Lipinski definition) is 0. The second-order valence-corrected chi connectivity index (χ2v) is 8.31. The Morgan fingerprint density at radius 3 is 1.86 bits per heavy atom. The zero-order chi connectivity index (χ0) is 24.8. The average Bonchev–Trinajstić information content (AvgIpc) is 2.89. The fourth-order valence-electron chi connectivity index (χ4n) is 4.33. The highest BCUT2D eigenvalue weighted by molar-refractivity contribution is 5.92. The van der Waals surface area contributed by atoms with Gasteiger partial charge < -0.3 is 14.4 Å². The van der Waals surface area contributed by atoms with Crippen LogP contribution >= 0.6 is 0 Å². The molecule has 7 heteroatoms. The minimum absolute atomic E-state index is 0.0699. The molecule has 1 aliphatic heterocycles. The molecule has 3 aromatic carbocycles. The number of methoxy groups -OCH3 is 2. The lowest BCUT2D eigenvalue weighted by molar-refractivity contribution is -0.127. The molecule has 5 nitrogen and oxygen atoms in total. The van der Waals surface area contributed by atoms with E-state index in [9.17, 15) is 13.6 Å². The molecule has 0 saturated carbocycles. The lowest BCUT2D eigenvalue weighted by Crippen LogP contribution is -2.49. The Balaban J connectivity index is 1.44. The van der Waals surface area contributed by atoms with Gasteiger partial charge in [0.1, 0.15) is 11.6 Å². The maximum atomic E-state index is 13.5. The molecule has 1 saturated heterocycles. The van der Waals surface area contributed by atoms with Crippen molar-refractivity contribution in [3.05, 3.63) is 101 Å². The summed E-state index contributed by atoms with van der Waals surface area (Å²) >= 11 is 0. The smallest absolute Gasteiger partial charge is 0.246 e. The van der Waals surface area contributed by atoms with Crippen molar-refractivity contribution in [1.29, 1.82) is 0 Å². The SMILES string of the molecule is COc1ccc(/C=C/C(=O)N2CCN(C(c3ccc(F)cc3)c3ccc(F)cc3)CC2)cc1OC. The van der Waals surface area contributed by atoms with Gasteiger partial charge in [0.25, 0.3) is 0 Å². The van der Waals surface area contributed by atoms with Gasteiger partial charge in [-0.05, 0) is 59.2 Å². The highest BCUT2D eigenvalue weighted by atomic mass is 19.1. The van der Waals surface area contributed by atoms with E-state index >= 15 is 0 Å². The van der Waals surface area contributed by atoms with Crippen LogP contribution in [-0.4, -0.2) is 56.1 Å². The van der Waals surface area contributed by atoms with Gasteiger partial charge in [0.15, 0.2) is 11.5 Å². The summed E-state index contributed by atoms with van der Waals surface area (Å²) in [7, 11) is 3.15. The zero-order valence-electron chi connectivity index (χ0n) is 19.8. The van der Waals surface area contributed by atoms with E-state index in [2.05, 4.69) is 4.90 Å². The third kappa shape index (κ3) is 5.87. The Labute approximate surface area is 204 Å². The normalized spacial score (nSPS) is 14.5. The monoisotopic (exact) mass is 478 g/mol. The molecule has 0 N–H and O–H groups in total. The topological polar surface area (TPSA) is 42.0 Å². The molecule has 0 spiro atoms. The second-order valence-electron chi connectivity index (χ2n) is 8.31. The van der Waals surface area contributed by atoms with Crippen LogP contribution in [0.25, 0.3) is 6.08 Å². The van der Waals surface area contributed by atoms with Gasteiger partial charge >= 0.3 is 0 Å². The van der Waals surface area contributed by atoms with Gasteiger partial charge in [-0.15, -0.1) is 0 Å². The fraction of sp³-hybridized carbons (Fsp3) is 0.250. The molecule has 35 heavy (non-hydrogen) atoms. The van der Waals surface area contributed by atoms with E-state index in [4.69, 9.17) is 9.47 Å². The molecule has 4 rings (SSSR count). The molecule has 0 radical (unpaired) electrons. The summed E-state index contributed by atoms with van der Waals surface area (Å²) < 4.78 is 37.6. The first kappa shape index (κ1) is 24.4. The molecule has 0 aliphatic carbocycles. The van der Waals surface area contributed by atoms with E-state index in [1.165, 1.54) is 24.3 Å². The number of ether oxygens (including phenoxy) is 2. The average molecular weight is 479 g/mol. The Morgan fingerprint density at radius 1 is 0.800 bits per heavy atom. The van der Waals surface area contributed by atoms with Crippen molar-refractivity contribution in [3.8, 4) is 11.5 Å². The van der Waals surface area contributed by atoms with Gasteiger partial charge in [-0.25, -0.2) is 8.78 Å². The molecular formula is C28H28F2N2O3. The predicted octanol–water partition coefficient (Wildman–Crippen LogP) is 4.93. The number of carbonyl (C=O) groups is 1. The van der Waals surface area contributed by atoms with Crippen LogP contribution < -0.4 is 9.47 Å². The molecule has 0 aromatic heterocycles. The molecule has 1 aliphatic rings. The van der Waals surface area contributed by atoms with Gasteiger partial charge in [0.2, 0.25) is 5.91 Å². The number of amides is 1. The van der Waals surface area contributed by atoms with Crippen LogP contribution in [0.15, 0.2) is 72.8 Å². The van der Waals surface area contributed by atoms with Crippen molar-refractivity contribution < 1.29 is 23.0 Å². The molecule has 0 atom stereocenters. The van der Waals surface area contributed by atoms with Crippen molar-refractivity contribution >= 4 is 12.0 Å². The summed E-state index contributed by atoms with van der Waals surface area (Å²) in [6.07, 6.45) is 3.32. The number of carbonyl (C=O) groups excluding carboxylic acids is 1. The van der Waals surface area contributed by atoms with E-state index in [0.29, 0.717) is 37.7 Å². The first-order valence-corrected chi connectivity index (χ1v) is 11.4. The Kier molecular flexibility index (Phi) is 7.77. The minimum Gasteiger partial charge on any atom is -0.493 e. The van der Waals surface area contributed by atoms with Crippen LogP contribution in [0, 0.1) is 11.6 Å². The summed E-state index contributed by atoms with van der Waals surface area (Å²) in [5.41, 5.74) is 2.68. The Bertz CT molecular complexity index is 1130. The van der Waals surface area contributed by atoms with Gasteiger partial charge in [-0.3, -0.25) is 9.69 Å². The minimum atomic E-state index is -0.303. The van der Waals surface area contributed by atoms with Crippen LogP contribution in [0.4, 0.5) is 8.78 Å². The number of piperazine rings is 1. The van der Waals surface area contributed by atoms with Gasteiger partial charge in [0, 0.05) is 32.3 Å². The van der Waals surface area contributed by atoms with E-state index in [1.54, 1.807) is 61.6 Å². The maximum absolute atomic E-state index is 13.5. The van der Waals surface area contributed by atoms with Crippen molar-refractivity contribution in [2.24, 2.45) is 0 Å². The Hall–Kier alpha value is -3.71. The first-order chi connectivity index (χ1) is 17.0. The number of rotatable bonds is 7. The number of benzene rings is 3. The molecule has 0 unspecified atom stereocenters. The van der Waals surface area contributed by atoms with Crippen molar-refractivity contribution in [2.75, 3.05) is 40.4 Å². The first-order valence-electron chi connectivity index (χ1n) is 11.4. The summed E-state index contributed by atoms with van der Waals surface area (Å²) in [5, 5.41) is 0.